The highest BCUT2D eigenvalue weighted by molar-refractivity contribution is 6.42. The molecular weight excluding hydrogens is 355 g/mol. The molecule has 1 aliphatic rings. The van der Waals surface area contributed by atoms with E-state index >= 15 is 0 Å². The first-order valence-corrected chi connectivity index (χ1v) is 7.87. The third kappa shape index (κ3) is 4.24. The third-order valence-electron chi connectivity index (χ3n) is 3.35. The fourth-order valence-electron chi connectivity index (χ4n) is 2.06. The highest BCUT2D eigenvalue weighted by Crippen LogP contribution is 2.21. The summed E-state index contributed by atoms with van der Waals surface area (Å²) >= 11 is 11.7. The lowest BCUT2D eigenvalue weighted by Crippen LogP contribution is -2.40. The van der Waals surface area contributed by atoms with Crippen molar-refractivity contribution in [2.45, 2.75) is 25.8 Å². The van der Waals surface area contributed by atoms with Gasteiger partial charge in [-0.25, -0.2) is 10.2 Å². The number of carbonyl (C=O) groups excluding carboxylic acids is 3. The van der Waals surface area contributed by atoms with Gasteiger partial charge in [0, 0.05) is 13.0 Å². The smallest absolute Gasteiger partial charge is 0.324 e. The Labute approximate surface area is 149 Å². The third-order valence-corrected chi connectivity index (χ3v) is 4.09. The van der Waals surface area contributed by atoms with Crippen LogP contribution in [-0.4, -0.2) is 41.0 Å². The molecule has 0 spiro atoms. The van der Waals surface area contributed by atoms with Gasteiger partial charge < -0.3 is 5.32 Å². The summed E-state index contributed by atoms with van der Waals surface area (Å²) in [6.07, 6.45) is 1.37. The Morgan fingerprint density at radius 2 is 2.04 bits per heavy atom. The molecule has 2 N–H and O–H groups in total. The largest absolute Gasteiger partial charge is 0.325 e. The summed E-state index contributed by atoms with van der Waals surface area (Å²) in [6.45, 7) is 3.20. The van der Waals surface area contributed by atoms with Gasteiger partial charge in [-0.15, -0.1) is 0 Å². The van der Waals surface area contributed by atoms with Crippen LogP contribution in [0.15, 0.2) is 23.3 Å². The Balaban J connectivity index is 1.83. The summed E-state index contributed by atoms with van der Waals surface area (Å²) < 4.78 is 0. The van der Waals surface area contributed by atoms with Crippen molar-refractivity contribution in [3.8, 4) is 0 Å². The summed E-state index contributed by atoms with van der Waals surface area (Å²) in [5.74, 6) is -0.781. The number of imide groups is 1. The Bertz CT molecular complexity index is 719. The Kier molecular flexibility index (Phi) is 5.46. The van der Waals surface area contributed by atoms with E-state index in [1.54, 1.807) is 32.0 Å². The number of urea groups is 1. The molecule has 1 saturated heterocycles. The lowest BCUT2D eigenvalue weighted by atomic mass is 10.1. The van der Waals surface area contributed by atoms with E-state index in [1.165, 1.54) is 6.21 Å². The molecule has 0 bridgehead atoms. The number of nitrogens with zero attached hydrogens (tertiary/aromatic N) is 2. The van der Waals surface area contributed by atoms with E-state index in [9.17, 15) is 14.4 Å². The van der Waals surface area contributed by atoms with E-state index < -0.39 is 17.5 Å². The van der Waals surface area contributed by atoms with E-state index in [1.807, 2.05) is 0 Å². The number of benzene rings is 1. The van der Waals surface area contributed by atoms with Crippen LogP contribution >= 0.6 is 23.2 Å². The van der Waals surface area contributed by atoms with Crippen molar-refractivity contribution >= 4 is 47.3 Å². The molecule has 1 aromatic rings. The molecule has 0 aromatic heterocycles. The van der Waals surface area contributed by atoms with Crippen molar-refractivity contribution in [3.63, 3.8) is 0 Å². The van der Waals surface area contributed by atoms with Gasteiger partial charge in [-0.2, -0.15) is 5.10 Å². The quantitative estimate of drug-likeness (QED) is 0.472. The molecule has 7 nitrogen and oxygen atoms in total. The first-order chi connectivity index (χ1) is 11.2. The minimum Gasteiger partial charge on any atom is -0.324 e. The van der Waals surface area contributed by atoms with E-state index in [0.29, 0.717) is 15.6 Å². The maximum absolute atomic E-state index is 12.0. The van der Waals surface area contributed by atoms with Crippen molar-refractivity contribution in [3.05, 3.63) is 33.8 Å². The maximum Gasteiger partial charge on any atom is 0.325 e. The van der Waals surface area contributed by atoms with Crippen molar-refractivity contribution in [2.24, 2.45) is 5.10 Å². The number of halogens is 2. The summed E-state index contributed by atoms with van der Waals surface area (Å²) in [6, 6.07) is 4.41. The molecule has 0 unspecified atom stereocenters. The van der Waals surface area contributed by atoms with Crippen LogP contribution in [0.1, 0.15) is 25.8 Å². The normalized spacial score (nSPS) is 16.6. The molecule has 2 rings (SSSR count). The van der Waals surface area contributed by atoms with Crippen molar-refractivity contribution in [1.82, 2.24) is 15.6 Å². The number of rotatable bonds is 5. The molecular formula is C15H16Cl2N4O3. The molecule has 0 aliphatic carbocycles. The monoisotopic (exact) mass is 370 g/mol. The van der Waals surface area contributed by atoms with Crippen LogP contribution in [0, 0.1) is 0 Å². The molecule has 1 fully saturated rings. The predicted molar refractivity (Wildman–Crippen MR) is 91.1 cm³/mol. The van der Waals surface area contributed by atoms with Crippen LogP contribution in [0.25, 0.3) is 0 Å². The van der Waals surface area contributed by atoms with Crippen LogP contribution in [0.4, 0.5) is 4.79 Å². The number of nitrogens with one attached hydrogen (secondary N) is 2. The van der Waals surface area contributed by atoms with Gasteiger partial charge in [0.2, 0.25) is 5.91 Å². The van der Waals surface area contributed by atoms with Crippen molar-refractivity contribution in [2.75, 3.05) is 6.54 Å². The standard InChI is InChI=1S/C15H16Cl2N4O3/c1-15(2)13(23)21(14(24)19-15)6-5-12(22)20-18-8-9-3-4-10(16)11(17)7-9/h3-4,7-8H,5-6H2,1-2H3,(H,19,24)(H,20,22)/b18-8-. The second-order valence-corrected chi connectivity index (χ2v) is 6.54. The Morgan fingerprint density at radius 3 is 2.62 bits per heavy atom. The SMILES string of the molecule is CC1(C)NC(=O)N(CCC(=O)N/N=C\c2ccc(Cl)c(Cl)c2)C1=O. The van der Waals surface area contributed by atoms with E-state index in [-0.39, 0.29) is 18.9 Å². The lowest BCUT2D eigenvalue weighted by molar-refractivity contribution is -0.130. The number of carbonyl (C=O) groups is 3. The zero-order chi connectivity index (χ0) is 17.9. The molecule has 4 amide bonds. The van der Waals surface area contributed by atoms with Crippen molar-refractivity contribution < 1.29 is 14.4 Å². The summed E-state index contributed by atoms with van der Waals surface area (Å²) in [5.41, 5.74) is 2.05. The predicted octanol–water partition coefficient (Wildman–Crippen LogP) is 2.16. The molecule has 1 aliphatic heterocycles. The van der Waals surface area contributed by atoms with Gasteiger partial charge in [0.1, 0.15) is 5.54 Å². The minimum absolute atomic E-state index is 0.0117. The zero-order valence-corrected chi connectivity index (χ0v) is 14.6. The van der Waals surface area contributed by atoms with Gasteiger partial charge in [0.15, 0.2) is 0 Å². The maximum atomic E-state index is 12.0. The van der Waals surface area contributed by atoms with Gasteiger partial charge in [-0.3, -0.25) is 14.5 Å². The number of hydrazone groups is 1. The number of hydrogen-bond donors (Lipinski definition) is 2. The van der Waals surface area contributed by atoms with Crippen LogP contribution in [-0.2, 0) is 9.59 Å². The van der Waals surface area contributed by atoms with E-state index in [0.717, 1.165) is 4.90 Å². The summed E-state index contributed by atoms with van der Waals surface area (Å²) in [4.78, 5) is 36.4. The average Bonchev–Trinajstić information content (AvgIpc) is 2.69. The van der Waals surface area contributed by atoms with Gasteiger partial charge in [0.05, 0.1) is 16.3 Å². The second kappa shape index (κ2) is 7.19. The Hall–Kier alpha value is -2.12. The van der Waals surface area contributed by atoms with Gasteiger partial charge in [0.25, 0.3) is 5.91 Å². The van der Waals surface area contributed by atoms with Gasteiger partial charge in [-0.1, -0.05) is 29.3 Å². The lowest BCUT2D eigenvalue weighted by Gasteiger charge is -2.15. The fraction of sp³-hybridized carbons (Fsp3) is 0.333. The first kappa shape index (κ1) is 18.2. The number of hydrogen-bond acceptors (Lipinski definition) is 4. The fourth-order valence-corrected chi connectivity index (χ4v) is 2.37. The van der Waals surface area contributed by atoms with Crippen LogP contribution in [0.3, 0.4) is 0 Å². The Morgan fingerprint density at radius 1 is 1.33 bits per heavy atom. The van der Waals surface area contributed by atoms with Gasteiger partial charge >= 0.3 is 6.03 Å². The highest BCUT2D eigenvalue weighted by Gasteiger charge is 2.43. The summed E-state index contributed by atoms with van der Waals surface area (Å²) in [7, 11) is 0. The van der Waals surface area contributed by atoms with E-state index in [2.05, 4.69) is 15.8 Å². The second-order valence-electron chi connectivity index (χ2n) is 5.73. The first-order valence-electron chi connectivity index (χ1n) is 7.12. The highest BCUT2D eigenvalue weighted by atomic mass is 35.5. The zero-order valence-electron chi connectivity index (χ0n) is 13.1. The van der Waals surface area contributed by atoms with Crippen molar-refractivity contribution in [1.29, 1.82) is 0 Å². The van der Waals surface area contributed by atoms with Crippen LogP contribution in [0.5, 0.6) is 0 Å². The topological polar surface area (TPSA) is 90.9 Å². The molecule has 0 saturated carbocycles. The molecule has 9 heteroatoms. The minimum atomic E-state index is -0.945. The molecule has 128 valence electrons. The molecule has 0 atom stereocenters. The summed E-state index contributed by atoms with van der Waals surface area (Å²) in [5, 5.41) is 7.15. The molecule has 1 aromatic carbocycles. The number of amides is 4. The van der Waals surface area contributed by atoms with E-state index in [4.69, 9.17) is 23.2 Å². The molecule has 0 radical (unpaired) electrons. The van der Waals surface area contributed by atoms with Crippen LogP contribution in [0.2, 0.25) is 10.0 Å². The molecule has 24 heavy (non-hydrogen) atoms. The van der Waals surface area contributed by atoms with Crippen LogP contribution < -0.4 is 10.7 Å². The average molecular weight is 371 g/mol. The molecule has 1 heterocycles. The van der Waals surface area contributed by atoms with Gasteiger partial charge in [-0.05, 0) is 31.5 Å².